The van der Waals surface area contributed by atoms with Crippen LogP contribution in [-0.2, 0) is 0 Å². The summed E-state index contributed by atoms with van der Waals surface area (Å²) in [5.41, 5.74) is 0.120. The Morgan fingerprint density at radius 3 is 3.07 bits per heavy atom. The highest BCUT2D eigenvalue weighted by atomic mass is 16.5. The summed E-state index contributed by atoms with van der Waals surface area (Å²) in [6, 6.07) is 1.44. The van der Waals surface area contributed by atoms with Crippen LogP contribution in [-0.4, -0.2) is 22.7 Å². The number of hydrogen-bond donors (Lipinski definition) is 1. The van der Waals surface area contributed by atoms with Crippen molar-refractivity contribution in [2.24, 2.45) is 0 Å². The number of hydrogen-bond acceptors (Lipinski definition) is 3. The van der Waals surface area contributed by atoms with E-state index in [9.17, 15) is 4.79 Å². The smallest absolute Gasteiger partial charge is 0.337 e. The molecule has 0 fully saturated rings. The van der Waals surface area contributed by atoms with Crippen molar-refractivity contribution in [1.82, 2.24) is 4.98 Å². The van der Waals surface area contributed by atoms with E-state index in [1.807, 2.05) is 0 Å². The van der Waals surface area contributed by atoms with Gasteiger partial charge < -0.3 is 9.84 Å². The van der Waals surface area contributed by atoms with Gasteiger partial charge in [0.1, 0.15) is 5.75 Å². The van der Waals surface area contributed by atoms with Gasteiger partial charge in [0.25, 0.3) is 0 Å². The molecule has 78 valence electrons. The molecule has 4 heteroatoms. The fourth-order valence-electron chi connectivity index (χ4n) is 0.960. The van der Waals surface area contributed by atoms with Crippen LogP contribution in [0.4, 0.5) is 0 Å². The zero-order valence-electron chi connectivity index (χ0n) is 8.36. The summed E-state index contributed by atoms with van der Waals surface area (Å²) in [6.45, 7) is 2.19. The number of pyridine rings is 1. The molecule has 1 N–H and O–H groups in total. The first kappa shape index (κ1) is 11.1. The highest BCUT2D eigenvalue weighted by Gasteiger charge is 2.04. The van der Waals surface area contributed by atoms with Gasteiger partial charge in [0.15, 0.2) is 0 Å². The van der Waals surface area contributed by atoms with Crippen molar-refractivity contribution >= 4 is 5.97 Å². The number of aromatic nitrogens is 1. The van der Waals surface area contributed by atoms with Crippen LogP contribution in [0.1, 0.15) is 23.7 Å². The van der Waals surface area contributed by atoms with E-state index in [0.29, 0.717) is 18.8 Å². The molecule has 15 heavy (non-hydrogen) atoms. The molecule has 1 aromatic rings. The third-order valence-corrected chi connectivity index (χ3v) is 1.63. The largest absolute Gasteiger partial charge is 0.491 e. The van der Waals surface area contributed by atoms with Crippen molar-refractivity contribution < 1.29 is 14.6 Å². The maximum Gasteiger partial charge on any atom is 0.337 e. The Kier molecular flexibility index (Phi) is 4.17. The van der Waals surface area contributed by atoms with Gasteiger partial charge in [-0.25, -0.2) is 4.79 Å². The molecule has 4 nitrogen and oxygen atoms in total. The molecule has 0 bridgehead atoms. The van der Waals surface area contributed by atoms with Gasteiger partial charge in [-0.2, -0.15) is 0 Å². The van der Waals surface area contributed by atoms with Crippen molar-refractivity contribution in [3.8, 4) is 17.6 Å². The number of rotatable bonds is 4. The lowest BCUT2D eigenvalue weighted by molar-refractivity contribution is 0.0696. The van der Waals surface area contributed by atoms with Crippen molar-refractivity contribution in [3.63, 3.8) is 0 Å². The Morgan fingerprint density at radius 1 is 1.60 bits per heavy atom. The summed E-state index contributed by atoms with van der Waals surface area (Å²) < 4.78 is 5.27. The third-order valence-electron chi connectivity index (χ3n) is 1.63. The summed E-state index contributed by atoms with van der Waals surface area (Å²) in [4.78, 5) is 14.4. The number of carbonyl (C=O) groups is 1. The van der Waals surface area contributed by atoms with Gasteiger partial charge >= 0.3 is 5.97 Å². The van der Waals surface area contributed by atoms with Gasteiger partial charge in [-0.05, 0) is 13.0 Å². The van der Waals surface area contributed by atoms with Crippen molar-refractivity contribution in [2.45, 2.75) is 13.3 Å². The van der Waals surface area contributed by atoms with E-state index in [1.54, 1.807) is 6.92 Å². The lowest BCUT2D eigenvalue weighted by Crippen LogP contribution is -2.00. The molecule has 1 rings (SSSR count). The second kappa shape index (κ2) is 5.66. The Balaban J connectivity index is 2.56. The standard InChI is InChI=1S/C11H11NO3/c1-2-3-4-5-15-10-6-9(11(13)14)7-12-8-10/h6-8H,4-5H2,1H3,(H,13,14). The second-order valence-electron chi connectivity index (χ2n) is 2.74. The maximum absolute atomic E-state index is 10.6. The minimum Gasteiger partial charge on any atom is -0.491 e. The normalized spacial score (nSPS) is 8.87. The van der Waals surface area contributed by atoms with E-state index < -0.39 is 5.97 Å². The van der Waals surface area contributed by atoms with Crippen molar-refractivity contribution in [1.29, 1.82) is 0 Å². The number of nitrogens with zero attached hydrogens (tertiary/aromatic N) is 1. The Labute approximate surface area is 87.9 Å². The maximum atomic E-state index is 10.6. The molecule has 0 amide bonds. The molecular formula is C11H11NO3. The highest BCUT2D eigenvalue weighted by molar-refractivity contribution is 5.87. The molecule has 1 aromatic heterocycles. The summed E-state index contributed by atoms with van der Waals surface area (Å²) in [5, 5.41) is 8.70. The minimum absolute atomic E-state index is 0.120. The van der Waals surface area contributed by atoms with Gasteiger partial charge in [-0.15, -0.1) is 11.8 Å². The lowest BCUT2D eigenvalue weighted by Gasteiger charge is -2.03. The van der Waals surface area contributed by atoms with E-state index >= 15 is 0 Å². The first-order valence-corrected chi connectivity index (χ1v) is 4.45. The second-order valence-corrected chi connectivity index (χ2v) is 2.74. The fraction of sp³-hybridized carbons (Fsp3) is 0.273. The van der Waals surface area contributed by atoms with Gasteiger partial charge in [0.05, 0.1) is 18.4 Å². The third kappa shape index (κ3) is 3.69. The zero-order chi connectivity index (χ0) is 11.1. The average molecular weight is 205 g/mol. The Bertz CT molecular complexity index is 404. The van der Waals surface area contributed by atoms with Crippen LogP contribution in [0.2, 0.25) is 0 Å². The molecule has 0 aliphatic rings. The highest BCUT2D eigenvalue weighted by Crippen LogP contribution is 2.11. The van der Waals surface area contributed by atoms with Gasteiger partial charge in [0.2, 0.25) is 0 Å². The first-order valence-electron chi connectivity index (χ1n) is 4.45. The molecule has 1 heterocycles. The average Bonchev–Trinajstić information content (AvgIpc) is 2.25. The molecule has 0 aliphatic carbocycles. The molecule has 0 radical (unpaired) electrons. The SMILES string of the molecule is CC#CCCOc1cncc(C(=O)O)c1. The monoisotopic (exact) mass is 205 g/mol. The van der Waals surface area contributed by atoms with Gasteiger partial charge in [-0.3, -0.25) is 4.98 Å². The molecule has 0 unspecified atom stereocenters. The molecule has 0 spiro atoms. The summed E-state index contributed by atoms with van der Waals surface area (Å²) in [6.07, 6.45) is 3.38. The van der Waals surface area contributed by atoms with Crippen LogP contribution in [0.5, 0.6) is 5.75 Å². The van der Waals surface area contributed by atoms with Crippen LogP contribution in [0, 0.1) is 11.8 Å². The minimum atomic E-state index is -1.01. The van der Waals surface area contributed by atoms with E-state index in [0.717, 1.165) is 0 Å². The van der Waals surface area contributed by atoms with E-state index in [2.05, 4.69) is 16.8 Å². The van der Waals surface area contributed by atoms with Crippen LogP contribution in [0.25, 0.3) is 0 Å². The molecule has 0 atom stereocenters. The number of aromatic carboxylic acids is 1. The van der Waals surface area contributed by atoms with Crippen LogP contribution in [0.3, 0.4) is 0 Å². The predicted molar refractivity (Wildman–Crippen MR) is 54.8 cm³/mol. The van der Waals surface area contributed by atoms with Crippen LogP contribution < -0.4 is 4.74 Å². The summed E-state index contributed by atoms with van der Waals surface area (Å²) in [5.74, 6) is 5.03. The molecule has 0 aliphatic heterocycles. The molecule has 0 aromatic carbocycles. The van der Waals surface area contributed by atoms with Gasteiger partial charge in [-0.1, -0.05) is 0 Å². The summed E-state index contributed by atoms with van der Waals surface area (Å²) >= 11 is 0. The molecular weight excluding hydrogens is 194 g/mol. The fourth-order valence-corrected chi connectivity index (χ4v) is 0.960. The van der Waals surface area contributed by atoms with Crippen molar-refractivity contribution in [3.05, 3.63) is 24.0 Å². The zero-order valence-corrected chi connectivity index (χ0v) is 8.36. The van der Waals surface area contributed by atoms with E-state index in [-0.39, 0.29) is 5.56 Å². The van der Waals surface area contributed by atoms with Crippen molar-refractivity contribution in [2.75, 3.05) is 6.61 Å². The predicted octanol–water partition coefficient (Wildman–Crippen LogP) is 1.57. The number of carboxylic acid groups (broad SMARTS) is 1. The van der Waals surface area contributed by atoms with E-state index in [1.165, 1.54) is 18.5 Å². The topological polar surface area (TPSA) is 59.4 Å². The molecule has 0 saturated heterocycles. The van der Waals surface area contributed by atoms with Crippen LogP contribution >= 0.6 is 0 Å². The lowest BCUT2D eigenvalue weighted by atomic mass is 10.3. The Morgan fingerprint density at radius 2 is 2.40 bits per heavy atom. The van der Waals surface area contributed by atoms with Gasteiger partial charge in [0, 0.05) is 12.6 Å². The number of ether oxygens (including phenoxy) is 1. The molecule has 0 saturated carbocycles. The quantitative estimate of drug-likeness (QED) is 0.598. The van der Waals surface area contributed by atoms with E-state index in [4.69, 9.17) is 9.84 Å². The Hall–Kier alpha value is -2.02. The summed E-state index contributed by atoms with van der Waals surface area (Å²) in [7, 11) is 0. The first-order chi connectivity index (χ1) is 7.24. The number of carboxylic acids is 1. The van der Waals surface area contributed by atoms with Crippen LogP contribution in [0.15, 0.2) is 18.5 Å².